The lowest BCUT2D eigenvalue weighted by atomic mass is 10.0. The third-order valence-corrected chi connectivity index (χ3v) is 7.95. The molecule has 0 fully saturated rings. The number of aromatic amines is 2. The molecule has 0 amide bonds. The topological polar surface area (TPSA) is 65.7 Å². The maximum Gasteiger partial charge on any atom is 0.190 e. The van der Waals surface area contributed by atoms with E-state index in [1.807, 2.05) is 0 Å². The van der Waals surface area contributed by atoms with Gasteiger partial charge >= 0.3 is 0 Å². The maximum atomic E-state index is 13.2. The summed E-state index contributed by atoms with van der Waals surface area (Å²) in [6, 6.07) is 23.8. The van der Waals surface area contributed by atoms with Gasteiger partial charge in [0.15, 0.2) is 10.9 Å². The summed E-state index contributed by atoms with van der Waals surface area (Å²) >= 11 is 0. The Morgan fingerprint density at radius 1 is 0.500 bits per heavy atom. The van der Waals surface area contributed by atoms with Crippen LogP contribution in [-0.4, -0.2) is 9.97 Å². The van der Waals surface area contributed by atoms with Gasteiger partial charge in [-0.1, -0.05) is 101 Å². The molecular formula is C36H40N2O2. The third-order valence-electron chi connectivity index (χ3n) is 7.95. The lowest BCUT2D eigenvalue weighted by Crippen LogP contribution is -2.07. The molecule has 0 saturated carbocycles. The number of rotatable bonds is 12. The molecule has 0 bridgehead atoms. The number of hydrogen-bond acceptors (Lipinski definition) is 2. The van der Waals surface area contributed by atoms with Crippen molar-refractivity contribution < 1.29 is 0 Å². The Hall–Kier alpha value is -3.92. The van der Waals surface area contributed by atoms with Crippen LogP contribution in [0.5, 0.6) is 0 Å². The highest BCUT2D eigenvalue weighted by molar-refractivity contribution is 5.96. The van der Waals surface area contributed by atoms with Crippen molar-refractivity contribution in [1.82, 2.24) is 9.97 Å². The van der Waals surface area contributed by atoms with Gasteiger partial charge in [0, 0.05) is 34.3 Å². The van der Waals surface area contributed by atoms with E-state index in [4.69, 9.17) is 0 Å². The number of nitrogens with one attached hydrogen (secondary N) is 2. The smallest absolute Gasteiger partial charge is 0.190 e. The van der Waals surface area contributed by atoms with E-state index in [1.165, 1.54) is 62.5 Å². The highest BCUT2D eigenvalue weighted by Crippen LogP contribution is 2.24. The molecule has 2 aromatic heterocycles. The molecule has 5 rings (SSSR count). The zero-order valence-corrected chi connectivity index (χ0v) is 23.8. The molecule has 2 N–H and O–H groups in total. The number of aromatic nitrogens is 2. The minimum Gasteiger partial charge on any atom is -0.354 e. The van der Waals surface area contributed by atoms with E-state index in [0.717, 1.165) is 35.4 Å². The van der Waals surface area contributed by atoms with E-state index in [2.05, 4.69) is 72.3 Å². The summed E-state index contributed by atoms with van der Waals surface area (Å²) in [5.74, 6) is 0. The standard InChI is InChI=1S/C36H40N2O2/c1-3-5-7-9-11-25-13-17-27(18-14-25)31-23-35(39)29-22-34-30(21-33(29)37-31)36(40)24-32(38-34)28-19-15-26(16-20-28)12-10-8-6-4-2/h13-24H,3-12H2,1-2H3,(H,37,39)(H,38,40). The van der Waals surface area contributed by atoms with Gasteiger partial charge in [0.1, 0.15) is 0 Å². The van der Waals surface area contributed by atoms with Gasteiger partial charge in [-0.3, -0.25) is 9.59 Å². The molecule has 4 heteroatoms. The Morgan fingerprint density at radius 2 is 0.900 bits per heavy atom. The van der Waals surface area contributed by atoms with Crippen molar-refractivity contribution in [3.05, 3.63) is 104 Å². The lowest BCUT2D eigenvalue weighted by Gasteiger charge is -2.09. The van der Waals surface area contributed by atoms with Gasteiger partial charge in [0.25, 0.3) is 0 Å². The van der Waals surface area contributed by atoms with E-state index < -0.39 is 0 Å². The minimum absolute atomic E-state index is 0.0621. The molecule has 40 heavy (non-hydrogen) atoms. The van der Waals surface area contributed by atoms with Gasteiger partial charge in [-0.25, -0.2) is 0 Å². The van der Waals surface area contributed by atoms with Crippen molar-refractivity contribution in [2.24, 2.45) is 0 Å². The van der Waals surface area contributed by atoms with Crippen LogP contribution in [0.1, 0.15) is 76.3 Å². The molecule has 0 aliphatic carbocycles. The number of H-pyrrole nitrogens is 2. The van der Waals surface area contributed by atoms with Crippen LogP contribution < -0.4 is 10.9 Å². The summed E-state index contributed by atoms with van der Waals surface area (Å²) in [6.45, 7) is 4.45. The van der Waals surface area contributed by atoms with Crippen molar-refractivity contribution in [2.75, 3.05) is 0 Å². The second kappa shape index (κ2) is 13.0. The van der Waals surface area contributed by atoms with Crippen molar-refractivity contribution in [3.8, 4) is 22.5 Å². The molecular weight excluding hydrogens is 492 g/mol. The van der Waals surface area contributed by atoms with Crippen LogP contribution in [0.15, 0.2) is 82.4 Å². The largest absolute Gasteiger partial charge is 0.354 e. The van der Waals surface area contributed by atoms with Crippen LogP contribution >= 0.6 is 0 Å². The zero-order valence-electron chi connectivity index (χ0n) is 23.8. The molecule has 0 spiro atoms. The predicted octanol–water partition coefficient (Wildman–Crippen LogP) is 8.95. The quantitative estimate of drug-likeness (QED) is 0.124. The van der Waals surface area contributed by atoms with Gasteiger partial charge in [0.05, 0.1) is 11.0 Å². The summed E-state index contributed by atoms with van der Waals surface area (Å²) < 4.78 is 0. The van der Waals surface area contributed by atoms with Gasteiger partial charge in [-0.2, -0.15) is 0 Å². The number of aryl methyl sites for hydroxylation is 2. The minimum atomic E-state index is -0.0621. The Labute approximate surface area is 236 Å². The first-order valence-corrected chi connectivity index (χ1v) is 15.0. The van der Waals surface area contributed by atoms with Gasteiger partial charge in [0.2, 0.25) is 0 Å². The highest BCUT2D eigenvalue weighted by Gasteiger charge is 2.10. The van der Waals surface area contributed by atoms with E-state index >= 15 is 0 Å². The van der Waals surface area contributed by atoms with Crippen molar-refractivity contribution >= 4 is 21.8 Å². The third kappa shape index (κ3) is 6.44. The molecule has 0 aliphatic rings. The molecule has 0 aliphatic heterocycles. The number of hydrogen-bond donors (Lipinski definition) is 2. The first-order chi connectivity index (χ1) is 19.6. The van der Waals surface area contributed by atoms with Crippen molar-refractivity contribution in [2.45, 2.75) is 78.1 Å². The maximum absolute atomic E-state index is 13.2. The summed E-state index contributed by atoms with van der Waals surface area (Å²) in [7, 11) is 0. The number of fused-ring (bicyclic) bond motifs is 2. The molecule has 4 nitrogen and oxygen atoms in total. The summed E-state index contributed by atoms with van der Waals surface area (Å²) in [5, 5.41) is 1.14. The van der Waals surface area contributed by atoms with E-state index in [1.54, 1.807) is 24.3 Å². The summed E-state index contributed by atoms with van der Waals surface area (Å²) in [6.07, 6.45) is 12.1. The molecule has 5 aromatic rings. The van der Waals surface area contributed by atoms with Crippen LogP contribution in [0.3, 0.4) is 0 Å². The molecule has 206 valence electrons. The van der Waals surface area contributed by atoms with E-state index in [0.29, 0.717) is 21.8 Å². The lowest BCUT2D eigenvalue weighted by molar-refractivity contribution is 0.667. The summed E-state index contributed by atoms with van der Waals surface area (Å²) in [5.41, 5.74) is 7.31. The van der Waals surface area contributed by atoms with Gasteiger partial charge in [-0.15, -0.1) is 0 Å². The van der Waals surface area contributed by atoms with Crippen LogP contribution in [0.25, 0.3) is 44.3 Å². The fourth-order valence-corrected chi connectivity index (χ4v) is 5.52. The average molecular weight is 533 g/mol. The van der Waals surface area contributed by atoms with Gasteiger partial charge in [-0.05, 0) is 60.1 Å². The second-order valence-electron chi connectivity index (χ2n) is 11.1. The van der Waals surface area contributed by atoms with Crippen LogP contribution in [-0.2, 0) is 12.8 Å². The zero-order chi connectivity index (χ0) is 27.9. The summed E-state index contributed by atoms with van der Waals surface area (Å²) in [4.78, 5) is 33.2. The normalized spacial score (nSPS) is 11.4. The monoisotopic (exact) mass is 532 g/mol. The fourth-order valence-electron chi connectivity index (χ4n) is 5.52. The first kappa shape index (κ1) is 27.6. The first-order valence-electron chi connectivity index (χ1n) is 15.0. The van der Waals surface area contributed by atoms with Crippen molar-refractivity contribution in [1.29, 1.82) is 0 Å². The predicted molar refractivity (Wildman–Crippen MR) is 169 cm³/mol. The Bertz CT molecular complexity index is 1560. The van der Waals surface area contributed by atoms with Crippen molar-refractivity contribution in [3.63, 3.8) is 0 Å². The van der Waals surface area contributed by atoms with Crippen LogP contribution in [0.2, 0.25) is 0 Å². The molecule has 0 unspecified atom stereocenters. The number of pyridine rings is 2. The molecule has 0 radical (unpaired) electrons. The number of unbranched alkanes of at least 4 members (excludes halogenated alkanes) is 6. The number of benzene rings is 3. The molecule has 0 atom stereocenters. The van der Waals surface area contributed by atoms with E-state index in [9.17, 15) is 9.59 Å². The Balaban J connectivity index is 1.40. The van der Waals surface area contributed by atoms with Crippen LogP contribution in [0, 0.1) is 0 Å². The SMILES string of the molecule is CCCCCCc1ccc(-c2cc(=O)c3cc4[nH]c(-c5ccc(CCCCCC)cc5)cc(=O)c4cc3[nH]2)cc1. The second-order valence-corrected chi connectivity index (χ2v) is 11.1. The van der Waals surface area contributed by atoms with Crippen LogP contribution in [0.4, 0.5) is 0 Å². The highest BCUT2D eigenvalue weighted by atomic mass is 16.1. The molecule has 3 aromatic carbocycles. The molecule has 2 heterocycles. The molecule has 0 saturated heterocycles. The average Bonchev–Trinajstić information content (AvgIpc) is 2.97. The Morgan fingerprint density at radius 3 is 1.27 bits per heavy atom. The van der Waals surface area contributed by atoms with E-state index in [-0.39, 0.29) is 10.9 Å². The van der Waals surface area contributed by atoms with Gasteiger partial charge < -0.3 is 9.97 Å². The Kier molecular flexibility index (Phi) is 8.95. The fraction of sp³-hybridized carbons (Fsp3) is 0.333.